The summed E-state index contributed by atoms with van der Waals surface area (Å²) in [6.07, 6.45) is 0. The van der Waals surface area contributed by atoms with E-state index in [4.69, 9.17) is 10.3 Å². The van der Waals surface area contributed by atoms with Crippen molar-refractivity contribution in [3.8, 4) is 11.6 Å². The molecule has 2 atom stereocenters. The van der Waals surface area contributed by atoms with Crippen LogP contribution in [0.1, 0.15) is 18.0 Å². The van der Waals surface area contributed by atoms with Crippen molar-refractivity contribution in [2.24, 2.45) is 0 Å². The van der Waals surface area contributed by atoms with E-state index in [1.807, 2.05) is 23.5 Å². The van der Waals surface area contributed by atoms with Gasteiger partial charge in [-0.25, -0.2) is 4.63 Å². The van der Waals surface area contributed by atoms with Crippen molar-refractivity contribution in [2.75, 3.05) is 17.2 Å². The van der Waals surface area contributed by atoms with Gasteiger partial charge in [0.25, 0.3) is 5.89 Å². The van der Waals surface area contributed by atoms with Crippen molar-refractivity contribution >= 4 is 29.3 Å². The maximum Gasteiger partial charge on any atom is 0.284 e. The second-order valence-corrected chi connectivity index (χ2v) is 6.56. The monoisotopic (exact) mass is 285 g/mol. The summed E-state index contributed by atoms with van der Waals surface area (Å²) >= 11 is 3.76. The molecule has 1 saturated heterocycles. The Bertz CT molecular complexity index is 543. The van der Waals surface area contributed by atoms with E-state index >= 15 is 0 Å². The number of anilines is 1. The summed E-state index contributed by atoms with van der Waals surface area (Å²) in [7, 11) is 0. The number of nitrogens with two attached hydrogens (primary N) is 1. The van der Waals surface area contributed by atoms with Crippen LogP contribution in [0.3, 0.4) is 0 Å². The minimum atomic E-state index is 0.156. The fourth-order valence-electron chi connectivity index (χ4n) is 1.71. The third-order valence-electron chi connectivity index (χ3n) is 2.60. The van der Waals surface area contributed by atoms with Crippen molar-refractivity contribution < 1.29 is 9.15 Å². The maximum absolute atomic E-state index is 5.58. The molecule has 2 unspecified atom stereocenters. The molecule has 0 spiro atoms. The Balaban J connectivity index is 1.87. The van der Waals surface area contributed by atoms with Gasteiger partial charge >= 0.3 is 0 Å². The molecule has 2 aromatic rings. The van der Waals surface area contributed by atoms with Crippen LogP contribution in [0.4, 0.5) is 5.82 Å². The Morgan fingerprint density at radius 2 is 2.06 bits per heavy atom. The Morgan fingerprint density at radius 1 is 1.22 bits per heavy atom. The molecular formula is C9H11N5O2S2. The highest BCUT2D eigenvalue weighted by atomic mass is 32.2. The van der Waals surface area contributed by atoms with Gasteiger partial charge in [-0.1, -0.05) is 12.1 Å². The molecule has 0 radical (unpaired) electrons. The van der Waals surface area contributed by atoms with E-state index < -0.39 is 0 Å². The number of nitrogen functional groups attached to an aromatic ring is 1. The predicted octanol–water partition coefficient (Wildman–Crippen LogP) is 1.61. The molecule has 2 aromatic heterocycles. The van der Waals surface area contributed by atoms with Gasteiger partial charge in [0.2, 0.25) is 11.5 Å². The van der Waals surface area contributed by atoms with Crippen molar-refractivity contribution in [1.82, 2.24) is 20.5 Å². The lowest BCUT2D eigenvalue weighted by Gasteiger charge is -2.24. The van der Waals surface area contributed by atoms with Crippen molar-refractivity contribution in [1.29, 1.82) is 0 Å². The summed E-state index contributed by atoms with van der Waals surface area (Å²) in [6.45, 7) is 2.17. The molecule has 2 N–H and O–H groups in total. The number of nitrogens with zero attached hydrogens (tertiary/aromatic N) is 4. The van der Waals surface area contributed by atoms with Crippen LogP contribution in [0.25, 0.3) is 11.6 Å². The maximum atomic E-state index is 5.58. The molecule has 0 bridgehead atoms. The number of thioether (sulfide) groups is 2. The van der Waals surface area contributed by atoms with Crippen molar-refractivity contribution in [3.05, 3.63) is 5.82 Å². The van der Waals surface area contributed by atoms with E-state index in [1.54, 1.807) is 0 Å². The fraction of sp³-hybridized carbons (Fsp3) is 0.556. The van der Waals surface area contributed by atoms with Crippen LogP contribution in [0.15, 0.2) is 9.15 Å². The molecule has 9 heteroatoms. The molecule has 0 saturated carbocycles. The lowest BCUT2D eigenvalue weighted by atomic mass is 10.3. The van der Waals surface area contributed by atoms with Crippen molar-refractivity contribution in [2.45, 2.75) is 17.4 Å². The van der Waals surface area contributed by atoms with Gasteiger partial charge in [-0.2, -0.15) is 16.7 Å². The fourth-order valence-corrected chi connectivity index (χ4v) is 4.39. The average molecular weight is 285 g/mol. The van der Waals surface area contributed by atoms with E-state index in [0.29, 0.717) is 16.8 Å². The first-order chi connectivity index (χ1) is 8.75. The average Bonchev–Trinajstić information content (AvgIpc) is 2.98. The zero-order valence-corrected chi connectivity index (χ0v) is 11.2. The molecule has 0 amide bonds. The van der Waals surface area contributed by atoms with Crippen LogP contribution >= 0.6 is 23.5 Å². The first kappa shape index (κ1) is 11.8. The van der Waals surface area contributed by atoms with Crippen LogP contribution < -0.4 is 5.73 Å². The summed E-state index contributed by atoms with van der Waals surface area (Å²) in [4.78, 5) is 4.33. The standard InChI is InChI=1S/C9H11N5O2S2/c1-4-6(18-3-2-17-4)8-11-9(15-14-8)5-7(10)13-16-12-5/h4,6H,2-3H2,1H3,(H2,10,13). The minimum absolute atomic E-state index is 0.156. The quantitative estimate of drug-likeness (QED) is 0.880. The largest absolute Gasteiger partial charge is 0.379 e. The first-order valence-corrected chi connectivity index (χ1v) is 7.50. The van der Waals surface area contributed by atoms with Gasteiger partial charge < -0.3 is 10.3 Å². The molecule has 96 valence electrons. The predicted molar refractivity (Wildman–Crippen MR) is 69.1 cm³/mol. The van der Waals surface area contributed by atoms with E-state index in [9.17, 15) is 0 Å². The highest BCUT2D eigenvalue weighted by Gasteiger charge is 2.29. The van der Waals surface area contributed by atoms with E-state index in [1.165, 1.54) is 0 Å². The lowest BCUT2D eigenvalue weighted by Crippen LogP contribution is -2.16. The summed E-state index contributed by atoms with van der Waals surface area (Å²) in [5.41, 5.74) is 5.88. The van der Waals surface area contributed by atoms with Crippen LogP contribution in [0.5, 0.6) is 0 Å². The minimum Gasteiger partial charge on any atom is -0.379 e. The van der Waals surface area contributed by atoms with Gasteiger partial charge in [0.15, 0.2) is 5.82 Å². The summed E-state index contributed by atoms with van der Waals surface area (Å²) < 4.78 is 9.68. The smallest absolute Gasteiger partial charge is 0.284 e. The second-order valence-electron chi connectivity index (χ2n) is 3.82. The van der Waals surface area contributed by atoms with E-state index in [2.05, 4.69) is 32.0 Å². The van der Waals surface area contributed by atoms with Crippen molar-refractivity contribution in [3.63, 3.8) is 0 Å². The Morgan fingerprint density at radius 3 is 2.78 bits per heavy atom. The Hall–Kier alpha value is -1.22. The number of aromatic nitrogens is 4. The second kappa shape index (κ2) is 4.81. The van der Waals surface area contributed by atoms with Crippen LogP contribution in [0, 0.1) is 0 Å². The van der Waals surface area contributed by atoms with Gasteiger partial charge in [-0.05, 0) is 10.3 Å². The van der Waals surface area contributed by atoms with Gasteiger partial charge in [0, 0.05) is 16.8 Å². The molecule has 7 nitrogen and oxygen atoms in total. The van der Waals surface area contributed by atoms with Crippen LogP contribution in [-0.2, 0) is 0 Å². The molecule has 3 rings (SSSR count). The van der Waals surface area contributed by atoms with Crippen LogP contribution in [-0.4, -0.2) is 37.2 Å². The van der Waals surface area contributed by atoms with Gasteiger partial charge in [-0.3, -0.25) is 0 Å². The molecule has 0 aromatic carbocycles. The highest BCUT2D eigenvalue weighted by molar-refractivity contribution is 8.06. The van der Waals surface area contributed by atoms with Gasteiger partial charge in [-0.15, -0.1) is 11.8 Å². The number of rotatable bonds is 2. The Kier molecular flexibility index (Phi) is 3.16. The SMILES string of the molecule is CC1SCCSC1c1noc(-c2nonc2N)n1. The number of hydrogen-bond acceptors (Lipinski definition) is 9. The number of hydrogen-bond donors (Lipinski definition) is 1. The third-order valence-corrected chi connectivity index (χ3v) is 5.69. The normalized spacial score (nSPS) is 24.3. The first-order valence-electron chi connectivity index (χ1n) is 5.41. The molecule has 1 fully saturated rings. The van der Waals surface area contributed by atoms with E-state index in [0.717, 1.165) is 11.5 Å². The molecule has 1 aliphatic rings. The zero-order valence-electron chi connectivity index (χ0n) is 9.57. The molecule has 0 aliphatic carbocycles. The highest BCUT2D eigenvalue weighted by Crippen LogP contribution is 2.41. The van der Waals surface area contributed by atoms with Gasteiger partial charge in [0.05, 0.1) is 5.25 Å². The molecule has 1 aliphatic heterocycles. The molecular weight excluding hydrogens is 274 g/mol. The molecule has 18 heavy (non-hydrogen) atoms. The summed E-state index contributed by atoms with van der Waals surface area (Å²) in [6, 6.07) is 0. The van der Waals surface area contributed by atoms with E-state index in [-0.39, 0.29) is 17.0 Å². The van der Waals surface area contributed by atoms with Gasteiger partial charge in [0.1, 0.15) is 0 Å². The Labute approximate surface area is 111 Å². The molecule has 3 heterocycles. The zero-order chi connectivity index (χ0) is 12.5. The third kappa shape index (κ3) is 2.07. The van der Waals surface area contributed by atoms with Crippen LogP contribution in [0.2, 0.25) is 0 Å². The lowest BCUT2D eigenvalue weighted by molar-refractivity contribution is 0.308. The summed E-state index contributed by atoms with van der Waals surface area (Å²) in [5, 5.41) is 11.8. The topological polar surface area (TPSA) is 104 Å². The summed E-state index contributed by atoms with van der Waals surface area (Å²) in [5.74, 6) is 3.35.